The Morgan fingerprint density at radius 2 is 2.30 bits per heavy atom. The minimum absolute atomic E-state index is 0.0148. The summed E-state index contributed by atoms with van der Waals surface area (Å²) in [6, 6.07) is 6.09. The van der Waals surface area contributed by atoms with Crippen LogP contribution in [0.25, 0.3) is 0 Å². The molecular weight excluding hydrogens is 312 g/mol. The molecule has 1 amide bonds. The number of fused-ring (bicyclic) bond motifs is 1. The summed E-state index contributed by atoms with van der Waals surface area (Å²) in [6.45, 7) is 7.44. The zero-order valence-electron chi connectivity index (χ0n) is 13.8. The van der Waals surface area contributed by atoms with Crippen molar-refractivity contribution in [2.75, 3.05) is 19.6 Å². The zero-order chi connectivity index (χ0) is 16.4. The number of carbonyl (C=O) groups is 1. The predicted octanol–water partition coefficient (Wildman–Crippen LogP) is 2.88. The lowest BCUT2D eigenvalue weighted by atomic mass is 9.97. The van der Waals surface area contributed by atoms with Crippen LogP contribution in [0.4, 0.5) is 0 Å². The maximum atomic E-state index is 12.4. The molecule has 5 heteroatoms. The van der Waals surface area contributed by atoms with E-state index < -0.39 is 6.10 Å². The smallest absolute Gasteiger partial charge is 0.261 e. The Morgan fingerprint density at radius 1 is 1.48 bits per heavy atom. The first-order valence-electron chi connectivity index (χ1n) is 8.50. The normalized spacial score (nSPS) is 24.3. The number of likely N-dealkylation sites (tertiary alicyclic amines) is 1. The van der Waals surface area contributed by atoms with Crippen molar-refractivity contribution in [2.24, 2.45) is 5.92 Å². The summed E-state index contributed by atoms with van der Waals surface area (Å²) >= 11 is 5.99. The predicted molar refractivity (Wildman–Crippen MR) is 92.0 cm³/mol. The second-order valence-corrected chi connectivity index (χ2v) is 7.34. The number of halogens is 1. The average Bonchev–Trinajstić information content (AvgIpc) is 2.96. The molecule has 2 aliphatic rings. The van der Waals surface area contributed by atoms with Crippen LogP contribution in [-0.4, -0.2) is 42.6 Å². The first-order chi connectivity index (χ1) is 11.0. The van der Waals surface area contributed by atoms with Crippen LogP contribution < -0.4 is 10.1 Å². The van der Waals surface area contributed by atoms with Crippen LogP contribution in [0, 0.1) is 5.92 Å². The zero-order valence-corrected chi connectivity index (χ0v) is 14.6. The minimum Gasteiger partial charge on any atom is -0.480 e. The van der Waals surface area contributed by atoms with Crippen LogP contribution >= 0.6 is 11.6 Å². The van der Waals surface area contributed by atoms with Crippen LogP contribution in [0.2, 0.25) is 5.02 Å². The highest BCUT2D eigenvalue weighted by molar-refractivity contribution is 6.30. The lowest BCUT2D eigenvalue weighted by Gasteiger charge is -2.35. The second-order valence-electron chi connectivity index (χ2n) is 6.90. The average molecular weight is 337 g/mol. The summed E-state index contributed by atoms with van der Waals surface area (Å²) in [7, 11) is 0. The summed E-state index contributed by atoms with van der Waals surface area (Å²) in [4.78, 5) is 14.9. The van der Waals surface area contributed by atoms with Gasteiger partial charge in [-0.3, -0.25) is 4.79 Å². The summed E-state index contributed by atoms with van der Waals surface area (Å²) in [5.74, 6) is 1.30. The molecular formula is C18H25ClN2O2. The van der Waals surface area contributed by atoms with Gasteiger partial charge in [0.2, 0.25) is 0 Å². The molecule has 1 aromatic rings. The Kier molecular flexibility index (Phi) is 5.12. The molecule has 0 radical (unpaired) electrons. The number of amides is 1. The Bertz CT molecular complexity index is 576. The molecule has 1 fully saturated rings. The summed E-state index contributed by atoms with van der Waals surface area (Å²) < 4.78 is 5.74. The molecule has 1 aromatic carbocycles. The van der Waals surface area contributed by atoms with Gasteiger partial charge in [0.25, 0.3) is 5.91 Å². The fraction of sp³-hybridized carbons (Fsp3) is 0.611. The highest BCUT2D eigenvalue weighted by atomic mass is 35.5. The van der Waals surface area contributed by atoms with E-state index in [2.05, 4.69) is 24.1 Å². The standard InChI is InChI=1S/C18H25ClN2O2/c1-12(2)21-7-3-4-13(11-21)10-20-18(22)17-9-14-8-15(19)5-6-16(14)23-17/h5-6,8,12-13,17H,3-4,7,9-11H2,1-2H3,(H,20,22). The summed E-state index contributed by atoms with van der Waals surface area (Å²) in [5.41, 5.74) is 1.02. The van der Waals surface area contributed by atoms with Crippen molar-refractivity contribution in [1.29, 1.82) is 0 Å². The van der Waals surface area contributed by atoms with Crippen LogP contribution in [0.5, 0.6) is 5.75 Å². The highest BCUT2D eigenvalue weighted by Gasteiger charge is 2.30. The van der Waals surface area contributed by atoms with E-state index in [1.54, 1.807) is 6.07 Å². The first kappa shape index (κ1) is 16.6. The molecule has 2 atom stereocenters. The lowest BCUT2D eigenvalue weighted by molar-refractivity contribution is -0.127. The molecule has 0 bridgehead atoms. The van der Waals surface area contributed by atoms with Crippen molar-refractivity contribution >= 4 is 17.5 Å². The number of hydrogen-bond acceptors (Lipinski definition) is 3. The Balaban J connectivity index is 1.49. The maximum absolute atomic E-state index is 12.4. The van der Waals surface area contributed by atoms with E-state index in [-0.39, 0.29) is 5.91 Å². The fourth-order valence-electron chi connectivity index (χ4n) is 3.46. The number of piperidine rings is 1. The third-order valence-electron chi connectivity index (χ3n) is 4.84. The van der Waals surface area contributed by atoms with Gasteiger partial charge in [-0.15, -0.1) is 0 Å². The maximum Gasteiger partial charge on any atom is 0.261 e. The molecule has 0 aliphatic carbocycles. The van der Waals surface area contributed by atoms with Gasteiger partial charge in [-0.05, 0) is 62.9 Å². The van der Waals surface area contributed by atoms with E-state index >= 15 is 0 Å². The number of nitrogens with one attached hydrogen (secondary N) is 1. The molecule has 0 aromatic heterocycles. The van der Waals surface area contributed by atoms with Gasteiger partial charge >= 0.3 is 0 Å². The largest absolute Gasteiger partial charge is 0.480 e. The van der Waals surface area contributed by atoms with Crippen molar-refractivity contribution < 1.29 is 9.53 Å². The van der Waals surface area contributed by atoms with Crippen molar-refractivity contribution in [1.82, 2.24) is 10.2 Å². The monoisotopic (exact) mass is 336 g/mol. The quantitative estimate of drug-likeness (QED) is 0.919. The lowest BCUT2D eigenvalue weighted by Crippen LogP contribution is -2.46. The number of nitrogens with zero attached hydrogens (tertiary/aromatic N) is 1. The van der Waals surface area contributed by atoms with Crippen LogP contribution in [0.1, 0.15) is 32.3 Å². The van der Waals surface area contributed by atoms with Crippen molar-refractivity contribution in [2.45, 2.75) is 45.3 Å². The van der Waals surface area contributed by atoms with Gasteiger partial charge in [-0.2, -0.15) is 0 Å². The molecule has 4 nitrogen and oxygen atoms in total. The van der Waals surface area contributed by atoms with Crippen LogP contribution in [0.3, 0.4) is 0 Å². The van der Waals surface area contributed by atoms with E-state index in [1.165, 1.54) is 19.4 Å². The van der Waals surface area contributed by atoms with E-state index in [9.17, 15) is 4.79 Å². The van der Waals surface area contributed by atoms with Crippen LogP contribution in [-0.2, 0) is 11.2 Å². The highest BCUT2D eigenvalue weighted by Crippen LogP contribution is 2.31. The SMILES string of the molecule is CC(C)N1CCCC(CNC(=O)C2Cc3cc(Cl)ccc3O2)C1. The van der Waals surface area contributed by atoms with E-state index in [0.717, 1.165) is 24.4 Å². The molecule has 2 aliphatic heterocycles. The molecule has 2 heterocycles. The number of carbonyl (C=O) groups excluding carboxylic acids is 1. The molecule has 0 saturated carbocycles. The number of benzene rings is 1. The van der Waals surface area contributed by atoms with Crippen molar-refractivity contribution in [3.05, 3.63) is 28.8 Å². The van der Waals surface area contributed by atoms with Gasteiger partial charge < -0.3 is 15.0 Å². The molecule has 1 saturated heterocycles. The van der Waals surface area contributed by atoms with E-state index in [4.69, 9.17) is 16.3 Å². The number of ether oxygens (including phenoxy) is 1. The summed E-state index contributed by atoms with van der Waals surface area (Å²) in [6.07, 6.45) is 2.58. The van der Waals surface area contributed by atoms with Gasteiger partial charge in [-0.1, -0.05) is 11.6 Å². The molecule has 126 valence electrons. The Morgan fingerprint density at radius 3 is 3.09 bits per heavy atom. The Labute approximate surface area is 143 Å². The van der Waals surface area contributed by atoms with Crippen molar-refractivity contribution in [3.63, 3.8) is 0 Å². The minimum atomic E-state index is -0.423. The third kappa shape index (κ3) is 3.99. The van der Waals surface area contributed by atoms with Crippen LogP contribution in [0.15, 0.2) is 18.2 Å². The molecule has 23 heavy (non-hydrogen) atoms. The number of hydrogen-bond donors (Lipinski definition) is 1. The van der Waals surface area contributed by atoms with Gasteiger partial charge in [0.1, 0.15) is 5.75 Å². The molecule has 1 N–H and O–H groups in total. The molecule has 3 rings (SSSR count). The number of rotatable bonds is 4. The van der Waals surface area contributed by atoms with Gasteiger partial charge in [0, 0.05) is 30.6 Å². The second kappa shape index (κ2) is 7.10. The third-order valence-corrected chi connectivity index (χ3v) is 5.07. The Hall–Kier alpha value is -1.26. The topological polar surface area (TPSA) is 41.6 Å². The van der Waals surface area contributed by atoms with E-state index in [0.29, 0.717) is 23.4 Å². The van der Waals surface area contributed by atoms with Gasteiger partial charge in [-0.25, -0.2) is 0 Å². The molecule has 0 spiro atoms. The van der Waals surface area contributed by atoms with Crippen molar-refractivity contribution in [3.8, 4) is 5.75 Å². The first-order valence-corrected chi connectivity index (χ1v) is 8.87. The molecule has 2 unspecified atom stereocenters. The van der Waals surface area contributed by atoms with E-state index in [1.807, 2.05) is 12.1 Å². The van der Waals surface area contributed by atoms with Gasteiger partial charge in [0.05, 0.1) is 0 Å². The fourth-order valence-corrected chi connectivity index (χ4v) is 3.65. The summed E-state index contributed by atoms with van der Waals surface area (Å²) in [5, 5.41) is 3.76. The van der Waals surface area contributed by atoms with Gasteiger partial charge in [0.15, 0.2) is 6.10 Å².